The van der Waals surface area contributed by atoms with Crippen LogP contribution in [-0.4, -0.2) is 35.9 Å². The lowest BCUT2D eigenvalue weighted by Gasteiger charge is -2.60. The van der Waals surface area contributed by atoms with E-state index < -0.39 is 5.97 Å². The summed E-state index contributed by atoms with van der Waals surface area (Å²) in [6.45, 7) is 8.01. The average molecular weight is 475 g/mol. The van der Waals surface area contributed by atoms with Crippen LogP contribution in [0.4, 0.5) is 0 Å². The Morgan fingerprint density at radius 3 is 2.59 bits per heavy atom. The zero-order valence-corrected chi connectivity index (χ0v) is 21.6. The van der Waals surface area contributed by atoms with Gasteiger partial charge in [-0.2, -0.15) is 0 Å². The smallest absolute Gasteiger partial charge is 0.303 e. The maximum atomic E-state index is 13.8. The minimum absolute atomic E-state index is 0.0379. The first kappa shape index (κ1) is 24.7. The van der Waals surface area contributed by atoms with Crippen molar-refractivity contribution in [3.05, 3.63) is 0 Å². The third-order valence-corrected chi connectivity index (χ3v) is 11.5. The van der Waals surface area contributed by atoms with Crippen molar-refractivity contribution in [1.82, 2.24) is 0 Å². The van der Waals surface area contributed by atoms with Gasteiger partial charge < -0.3 is 14.6 Å². The van der Waals surface area contributed by atoms with E-state index in [2.05, 4.69) is 20.8 Å². The first-order valence-corrected chi connectivity index (χ1v) is 14.2. The largest absolute Gasteiger partial charge is 0.481 e. The van der Waals surface area contributed by atoms with Crippen LogP contribution < -0.4 is 0 Å². The van der Waals surface area contributed by atoms with Crippen LogP contribution >= 0.6 is 0 Å². The second-order valence-electron chi connectivity index (χ2n) is 13.1. The van der Waals surface area contributed by atoms with Crippen molar-refractivity contribution < 1.29 is 24.2 Å². The molecule has 0 aromatic heterocycles. The number of fused-ring (bicyclic) bond motifs is 5. The van der Waals surface area contributed by atoms with E-state index >= 15 is 0 Å². The Bertz CT molecular complexity index is 774. The van der Waals surface area contributed by atoms with Crippen LogP contribution in [-0.2, 0) is 19.1 Å². The molecule has 1 saturated heterocycles. The van der Waals surface area contributed by atoms with Gasteiger partial charge in [-0.15, -0.1) is 0 Å². The molecule has 34 heavy (non-hydrogen) atoms. The maximum Gasteiger partial charge on any atom is 0.303 e. The molecule has 5 nitrogen and oxygen atoms in total. The highest BCUT2D eigenvalue weighted by atomic mass is 16.7. The zero-order valence-electron chi connectivity index (χ0n) is 21.6. The number of carboxylic acids is 1. The van der Waals surface area contributed by atoms with E-state index in [1.807, 2.05) is 0 Å². The van der Waals surface area contributed by atoms with E-state index in [0.717, 1.165) is 64.4 Å². The van der Waals surface area contributed by atoms with Gasteiger partial charge in [-0.3, -0.25) is 9.59 Å². The quantitative estimate of drug-likeness (QED) is 0.462. The highest BCUT2D eigenvalue weighted by molar-refractivity contribution is 5.83. The topological polar surface area (TPSA) is 72.8 Å². The molecular formula is C29H46O5. The number of ketones is 1. The Morgan fingerprint density at radius 1 is 1.09 bits per heavy atom. The molecule has 1 N–H and O–H groups in total. The van der Waals surface area contributed by atoms with Crippen LogP contribution in [0.15, 0.2) is 0 Å². The van der Waals surface area contributed by atoms with Crippen LogP contribution in [0.3, 0.4) is 0 Å². The molecule has 0 aromatic rings. The van der Waals surface area contributed by atoms with E-state index in [4.69, 9.17) is 9.47 Å². The molecule has 4 aliphatic carbocycles. The van der Waals surface area contributed by atoms with Crippen molar-refractivity contribution in [2.24, 2.45) is 46.3 Å². The first-order chi connectivity index (χ1) is 16.2. The van der Waals surface area contributed by atoms with Crippen LogP contribution in [0, 0.1) is 46.3 Å². The molecule has 5 heteroatoms. The SMILES string of the molecule is C[C@H](CCC(=O)O)[C@H]1CC[C@H]2[C@@H]3C(=O)C[C@@H]4CC(OC5CCCCO5)CC[C@]4(C)[C@H]3CC[C@]12C. The normalized spacial score (nSPS) is 47.4. The molecule has 4 saturated carbocycles. The summed E-state index contributed by atoms with van der Waals surface area (Å²) < 4.78 is 12.2. The summed E-state index contributed by atoms with van der Waals surface area (Å²) in [6.07, 6.45) is 13.3. The summed E-state index contributed by atoms with van der Waals surface area (Å²) in [5, 5.41) is 9.18. The number of carbonyl (C=O) groups excluding carboxylic acids is 1. The molecule has 0 aromatic carbocycles. The number of hydrogen-bond acceptors (Lipinski definition) is 4. The van der Waals surface area contributed by atoms with Crippen molar-refractivity contribution in [3.63, 3.8) is 0 Å². The number of carboxylic acid groups (broad SMARTS) is 1. The average Bonchev–Trinajstić information content (AvgIpc) is 3.16. The Kier molecular flexibility index (Phi) is 6.91. The van der Waals surface area contributed by atoms with E-state index in [9.17, 15) is 14.7 Å². The van der Waals surface area contributed by atoms with Gasteiger partial charge in [0.05, 0.1) is 6.10 Å². The standard InChI is InChI=1S/C29H46O5/c1-18(7-10-25(31)32)21-8-9-22-27-23(12-14-29(21,22)3)28(2)13-11-20(16-19(28)17-24(27)30)34-26-6-4-5-15-33-26/h18-23,26-27H,4-17H2,1-3H3,(H,31,32)/t18-,19+,20?,21-,22+,23+,26?,27+,28+,29-/m1/s1. The fraction of sp³-hybridized carbons (Fsp3) is 0.931. The van der Waals surface area contributed by atoms with Gasteiger partial charge in [0.25, 0.3) is 0 Å². The van der Waals surface area contributed by atoms with Gasteiger partial charge in [-0.05, 0) is 111 Å². The first-order valence-electron chi connectivity index (χ1n) is 14.2. The molecule has 0 bridgehead atoms. The highest BCUT2D eigenvalue weighted by Crippen LogP contribution is 2.67. The van der Waals surface area contributed by atoms with Crippen molar-refractivity contribution >= 4 is 11.8 Å². The monoisotopic (exact) mass is 474 g/mol. The molecule has 2 unspecified atom stereocenters. The van der Waals surface area contributed by atoms with Crippen LogP contribution in [0.5, 0.6) is 0 Å². The van der Waals surface area contributed by atoms with Gasteiger partial charge >= 0.3 is 5.97 Å². The number of aliphatic carboxylic acids is 1. The molecule has 10 atom stereocenters. The van der Waals surface area contributed by atoms with E-state index in [1.165, 1.54) is 19.3 Å². The Hall–Kier alpha value is -0.940. The van der Waals surface area contributed by atoms with Gasteiger partial charge in [0.15, 0.2) is 6.29 Å². The zero-order chi connectivity index (χ0) is 24.1. The summed E-state index contributed by atoms with van der Waals surface area (Å²) in [7, 11) is 0. The molecule has 0 radical (unpaired) electrons. The van der Waals surface area contributed by atoms with Crippen molar-refractivity contribution in [2.75, 3.05) is 6.61 Å². The van der Waals surface area contributed by atoms with Crippen molar-refractivity contribution in [1.29, 1.82) is 0 Å². The predicted octanol–water partition coefficient (Wildman–Crippen LogP) is 6.24. The number of Topliss-reactive ketones (excluding diaryl/α,β-unsaturated/α-hetero) is 1. The predicted molar refractivity (Wildman–Crippen MR) is 130 cm³/mol. The second-order valence-corrected chi connectivity index (χ2v) is 13.1. The molecular weight excluding hydrogens is 428 g/mol. The van der Waals surface area contributed by atoms with Gasteiger partial charge in [0.1, 0.15) is 5.78 Å². The van der Waals surface area contributed by atoms with Gasteiger partial charge in [-0.25, -0.2) is 0 Å². The molecule has 5 aliphatic rings. The molecule has 5 fully saturated rings. The molecule has 5 rings (SSSR count). The summed E-state index contributed by atoms with van der Waals surface area (Å²) in [6, 6.07) is 0. The molecule has 192 valence electrons. The lowest BCUT2D eigenvalue weighted by molar-refractivity contribution is -0.211. The summed E-state index contributed by atoms with van der Waals surface area (Å²) in [4.78, 5) is 24.9. The minimum atomic E-state index is -0.689. The van der Waals surface area contributed by atoms with Gasteiger partial charge in [0, 0.05) is 25.4 Å². The van der Waals surface area contributed by atoms with Gasteiger partial charge in [0.2, 0.25) is 0 Å². The fourth-order valence-electron chi connectivity index (χ4n) is 9.58. The Labute approximate surface area is 205 Å². The highest BCUT2D eigenvalue weighted by Gasteiger charge is 2.63. The molecule has 0 spiro atoms. The third kappa shape index (κ3) is 4.27. The lowest BCUT2D eigenvalue weighted by atomic mass is 9.44. The third-order valence-electron chi connectivity index (χ3n) is 11.5. The fourth-order valence-corrected chi connectivity index (χ4v) is 9.58. The van der Waals surface area contributed by atoms with Crippen LogP contribution in [0.1, 0.15) is 104 Å². The summed E-state index contributed by atoms with van der Waals surface area (Å²) >= 11 is 0. The summed E-state index contributed by atoms with van der Waals surface area (Å²) in [5.74, 6) is 2.46. The lowest BCUT2D eigenvalue weighted by Crippen LogP contribution is -2.57. The van der Waals surface area contributed by atoms with E-state index in [1.54, 1.807) is 0 Å². The van der Waals surface area contributed by atoms with E-state index in [0.29, 0.717) is 35.4 Å². The van der Waals surface area contributed by atoms with Crippen LogP contribution in [0.25, 0.3) is 0 Å². The maximum absolute atomic E-state index is 13.8. The Morgan fingerprint density at radius 2 is 1.85 bits per heavy atom. The van der Waals surface area contributed by atoms with Gasteiger partial charge in [-0.1, -0.05) is 20.8 Å². The second kappa shape index (κ2) is 9.50. The number of hydrogen-bond donors (Lipinski definition) is 1. The molecule has 1 heterocycles. The molecule has 1 aliphatic heterocycles. The van der Waals surface area contributed by atoms with E-state index in [-0.39, 0.29) is 35.6 Å². The number of carbonyl (C=O) groups is 2. The number of ether oxygens (including phenoxy) is 2. The summed E-state index contributed by atoms with van der Waals surface area (Å²) in [5.41, 5.74) is 0.441. The van der Waals surface area contributed by atoms with Crippen LogP contribution in [0.2, 0.25) is 0 Å². The van der Waals surface area contributed by atoms with Crippen molar-refractivity contribution in [3.8, 4) is 0 Å². The Balaban J connectivity index is 1.28. The number of rotatable bonds is 6. The minimum Gasteiger partial charge on any atom is -0.481 e. The van der Waals surface area contributed by atoms with Crippen molar-refractivity contribution in [2.45, 2.75) is 117 Å². The molecule has 0 amide bonds.